The summed E-state index contributed by atoms with van der Waals surface area (Å²) in [6.07, 6.45) is 1.61. The molecule has 1 aliphatic rings. The first-order valence-corrected chi connectivity index (χ1v) is 15.0. The van der Waals surface area contributed by atoms with Crippen molar-refractivity contribution < 1.29 is 18.7 Å². The Labute approximate surface area is 262 Å². The highest BCUT2D eigenvalue weighted by atomic mass is 35.5. The third kappa shape index (κ3) is 9.83. The van der Waals surface area contributed by atoms with Gasteiger partial charge in [0, 0.05) is 87.8 Å². The Kier molecular flexibility index (Phi) is 11.1. The number of ether oxygens (including phenoxy) is 1. The lowest BCUT2D eigenvalue weighted by Crippen LogP contribution is -2.49. The molecule has 236 valence electrons. The van der Waals surface area contributed by atoms with E-state index in [0.29, 0.717) is 53.1 Å². The molecule has 2 N–H and O–H groups in total. The Morgan fingerprint density at radius 1 is 1.05 bits per heavy atom. The largest absolute Gasteiger partial charge is 0.444 e. The summed E-state index contributed by atoms with van der Waals surface area (Å²) in [5, 5.41) is 14.8. The van der Waals surface area contributed by atoms with Crippen molar-refractivity contribution in [1.82, 2.24) is 29.9 Å². The van der Waals surface area contributed by atoms with Gasteiger partial charge < -0.3 is 25.2 Å². The van der Waals surface area contributed by atoms with Crippen molar-refractivity contribution in [1.29, 1.82) is 0 Å². The standard InChI is InChI=1S/C31H40ClFN8O3/c1-21-26(20-27(38-37-21)24-18-22(32)6-7-25(24)33)35-23-8-10-34-28(19-23)36-29(42)9-11-40-14-16-41(17-15-40)13-12-39(5)30(43)44-31(2,3)4/h6-8,10,18-20H,9,11-17H2,1-5H3,(H2,34,35,36,38,42). The van der Waals surface area contributed by atoms with Gasteiger partial charge in [-0.3, -0.25) is 9.69 Å². The Hall–Kier alpha value is -3.87. The third-order valence-corrected chi connectivity index (χ3v) is 7.30. The highest BCUT2D eigenvalue weighted by Gasteiger charge is 2.22. The van der Waals surface area contributed by atoms with Gasteiger partial charge in [-0.1, -0.05) is 11.6 Å². The van der Waals surface area contributed by atoms with E-state index in [1.807, 2.05) is 20.8 Å². The summed E-state index contributed by atoms with van der Waals surface area (Å²) in [5.41, 5.74) is 2.01. The van der Waals surface area contributed by atoms with Gasteiger partial charge in [0.05, 0.1) is 17.1 Å². The molecule has 0 spiro atoms. The number of hydrogen-bond donors (Lipinski definition) is 2. The van der Waals surface area contributed by atoms with Crippen molar-refractivity contribution in [3.63, 3.8) is 0 Å². The number of nitrogens with one attached hydrogen (secondary N) is 2. The number of halogens is 2. The second kappa shape index (κ2) is 14.7. The second-order valence-electron chi connectivity index (χ2n) is 11.8. The van der Waals surface area contributed by atoms with E-state index in [1.54, 1.807) is 43.3 Å². The molecule has 0 unspecified atom stereocenters. The Morgan fingerprint density at radius 2 is 1.75 bits per heavy atom. The van der Waals surface area contributed by atoms with Crippen molar-refractivity contribution in [2.75, 3.05) is 63.5 Å². The van der Waals surface area contributed by atoms with Gasteiger partial charge in [0.15, 0.2) is 0 Å². The molecule has 3 heterocycles. The maximum atomic E-state index is 14.4. The van der Waals surface area contributed by atoms with Crippen molar-refractivity contribution in [3.05, 3.63) is 59.1 Å². The number of pyridine rings is 1. The van der Waals surface area contributed by atoms with Gasteiger partial charge in [0.25, 0.3) is 0 Å². The van der Waals surface area contributed by atoms with Gasteiger partial charge in [0.1, 0.15) is 17.2 Å². The number of amides is 2. The first kappa shape index (κ1) is 33.0. The number of aryl methyl sites for hydroxylation is 1. The number of nitrogens with zero attached hydrogens (tertiary/aromatic N) is 6. The van der Waals surface area contributed by atoms with Gasteiger partial charge in [-0.25, -0.2) is 14.2 Å². The summed E-state index contributed by atoms with van der Waals surface area (Å²) in [5.74, 6) is -0.159. The van der Waals surface area contributed by atoms with E-state index in [9.17, 15) is 14.0 Å². The van der Waals surface area contributed by atoms with Crippen LogP contribution in [0.1, 0.15) is 32.9 Å². The van der Waals surface area contributed by atoms with Crippen molar-refractivity contribution in [2.24, 2.45) is 0 Å². The van der Waals surface area contributed by atoms with Gasteiger partial charge >= 0.3 is 6.09 Å². The van der Waals surface area contributed by atoms with Crippen LogP contribution >= 0.6 is 11.6 Å². The molecule has 2 aromatic heterocycles. The monoisotopic (exact) mass is 626 g/mol. The van der Waals surface area contributed by atoms with Gasteiger partial charge in [-0.15, -0.1) is 0 Å². The van der Waals surface area contributed by atoms with E-state index in [2.05, 4.69) is 35.6 Å². The van der Waals surface area contributed by atoms with Crippen molar-refractivity contribution in [3.8, 4) is 11.3 Å². The van der Waals surface area contributed by atoms with Crippen LogP contribution in [-0.4, -0.2) is 100 Å². The van der Waals surface area contributed by atoms with E-state index >= 15 is 0 Å². The molecular formula is C31H40ClFN8O3. The van der Waals surface area contributed by atoms with Gasteiger partial charge in [-0.05, 0) is 58.0 Å². The van der Waals surface area contributed by atoms with Gasteiger partial charge in [0.2, 0.25) is 5.91 Å². The average molecular weight is 627 g/mol. The molecule has 11 nitrogen and oxygen atoms in total. The summed E-state index contributed by atoms with van der Waals surface area (Å²) in [6.45, 7) is 12.8. The molecule has 1 aliphatic heterocycles. The summed E-state index contributed by atoms with van der Waals surface area (Å²) in [4.78, 5) is 35.4. The molecule has 0 atom stereocenters. The number of likely N-dealkylation sites (N-methyl/N-ethyl adjacent to an activating group) is 1. The van der Waals surface area contributed by atoms with E-state index in [-0.39, 0.29) is 17.6 Å². The van der Waals surface area contributed by atoms with Crippen LogP contribution in [-0.2, 0) is 9.53 Å². The van der Waals surface area contributed by atoms with Crippen LogP contribution in [0.15, 0.2) is 42.6 Å². The van der Waals surface area contributed by atoms with E-state index < -0.39 is 11.4 Å². The van der Waals surface area contributed by atoms with Crippen LogP contribution in [0.25, 0.3) is 11.3 Å². The quantitative estimate of drug-likeness (QED) is 0.313. The minimum Gasteiger partial charge on any atom is -0.444 e. The van der Waals surface area contributed by atoms with Crippen molar-refractivity contribution in [2.45, 2.75) is 39.7 Å². The molecule has 0 saturated carbocycles. The predicted octanol–water partition coefficient (Wildman–Crippen LogP) is 5.20. The number of piperazine rings is 1. The molecule has 0 radical (unpaired) electrons. The summed E-state index contributed by atoms with van der Waals surface area (Å²) < 4.78 is 19.8. The molecule has 0 bridgehead atoms. The van der Waals surface area contributed by atoms with E-state index in [4.69, 9.17) is 16.3 Å². The van der Waals surface area contributed by atoms with Crippen LogP contribution in [0.2, 0.25) is 5.02 Å². The molecule has 1 fully saturated rings. The average Bonchev–Trinajstić information content (AvgIpc) is 2.97. The number of anilines is 3. The molecular weight excluding hydrogens is 587 g/mol. The fourth-order valence-electron chi connectivity index (χ4n) is 4.56. The number of carbonyl (C=O) groups is 2. The Bertz CT molecular complexity index is 1460. The van der Waals surface area contributed by atoms with Gasteiger partial charge in [-0.2, -0.15) is 10.2 Å². The van der Waals surface area contributed by atoms with E-state index in [1.165, 1.54) is 18.2 Å². The zero-order valence-electron chi connectivity index (χ0n) is 25.9. The SMILES string of the molecule is Cc1nnc(-c2cc(Cl)ccc2F)cc1Nc1ccnc(NC(=O)CCN2CCN(CCN(C)C(=O)OC(C)(C)C)CC2)c1. The van der Waals surface area contributed by atoms with Crippen LogP contribution in [0.3, 0.4) is 0 Å². The first-order valence-electron chi connectivity index (χ1n) is 14.6. The Morgan fingerprint density at radius 3 is 2.45 bits per heavy atom. The van der Waals surface area contributed by atoms with Crippen LogP contribution in [0.4, 0.5) is 26.4 Å². The van der Waals surface area contributed by atoms with Crippen LogP contribution < -0.4 is 10.6 Å². The fourth-order valence-corrected chi connectivity index (χ4v) is 4.73. The number of carbonyl (C=O) groups excluding carboxylic acids is 2. The lowest BCUT2D eigenvalue weighted by atomic mass is 10.1. The minimum absolute atomic E-state index is 0.128. The molecule has 1 saturated heterocycles. The Balaban J connectivity index is 1.23. The second-order valence-corrected chi connectivity index (χ2v) is 12.2. The normalized spacial score (nSPS) is 14.2. The number of benzene rings is 1. The lowest BCUT2D eigenvalue weighted by Gasteiger charge is -2.35. The number of hydrogen-bond acceptors (Lipinski definition) is 9. The molecule has 3 aromatic rings. The summed E-state index contributed by atoms with van der Waals surface area (Å²) in [7, 11) is 1.75. The van der Waals surface area contributed by atoms with E-state index in [0.717, 1.165) is 32.7 Å². The summed E-state index contributed by atoms with van der Waals surface area (Å²) in [6, 6.07) is 9.47. The number of aromatic nitrogens is 3. The fraction of sp³-hybridized carbons (Fsp3) is 0.452. The molecule has 0 aliphatic carbocycles. The zero-order chi connectivity index (χ0) is 31.9. The molecule has 44 heavy (non-hydrogen) atoms. The highest BCUT2D eigenvalue weighted by molar-refractivity contribution is 6.30. The molecule has 1 aromatic carbocycles. The maximum absolute atomic E-state index is 14.4. The van der Waals surface area contributed by atoms with Crippen molar-refractivity contribution >= 4 is 40.8 Å². The zero-order valence-corrected chi connectivity index (χ0v) is 26.6. The molecule has 2 amide bonds. The first-order chi connectivity index (χ1) is 20.9. The highest BCUT2D eigenvalue weighted by Crippen LogP contribution is 2.28. The maximum Gasteiger partial charge on any atom is 0.410 e. The number of rotatable bonds is 10. The smallest absolute Gasteiger partial charge is 0.410 e. The van der Waals surface area contributed by atoms with Crippen LogP contribution in [0.5, 0.6) is 0 Å². The molecule has 4 rings (SSSR count). The minimum atomic E-state index is -0.512. The topological polar surface area (TPSA) is 116 Å². The molecule has 13 heteroatoms. The third-order valence-electron chi connectivity index (χ3n) is 7.07. The van der Waals surface area contributed by atoms with Crippen LogP contribution in [0, 0.1) is 12.7 Å². The summed E-state index contributed by atoms with van der Waals surface area (Å²) >= 11 is 6.05. The lowest BCUT2D eigenvalue weighted by molar-refractivity contribution is -0.116. The predicted molar refractivity (Wildman–Crippen MR) is 170 cm³/mol.